The summed E-state index contributed by atoms with van der Waals surface area (Å²) in [6.07, 6.45) is 3.30. The largest absolute Gasteiger partial charge is 0.316 e. The number of nitrogens with one attached hydrogen (secondary N) is 1. The Balaban J connectivity index is 2.80. The summed E-state index contributed by atoms with van der Waals surface area (Å²) in [7, 11) is 2.00. The number of rotatable bonds is 6. The van der Waals surface area contributed by atoms with Crippen LogP contribution in [0, 0.1) is 5.92 Å². The maximum Gasteiger partial charge on any atom is 0.0453 e. The summed E-state index contributed by atoms with van der Waals surface area (Å²) in [4.78, 5) is 0. The molecule has 0 fully saturated rings. The zero-order valence-electron chi connectivity index (χ0n) is 10.8. The van der Waals surface area contributed by atoms with Gasteiger partial charge in [-0.2, -0.15) is 0 Å². The smallest absolute Gasteiger partial charge is 0.0453 e. The molecule has 2 unspecified atom stereocenters. The molecule has 0 saturated carbocycles. The van der Waals surface area contributed by atoms with Gasteiger partial charge < -0.3 is 5.32 Å². The summed E-state index contributed by atoms with van der Waals surface area (Å²) in [6.45, 7) is 4.49. The molecule has 0 aliphatic carbocycles. The minimum absolute atomic E-state index is 0.423. The van der Waals surface area contributed by atoms with Crippen LogP contribution in [0.25, 0.3) is 0 Å². The van der Waals surface area contributed by atoms with Crippen molar-refractivity contribution in [1.29, 1.82) is 0 Å². The number of hydrogen-bond donors (Lipinski definition) is 1. The van der Waals surface area contributed by atoms with Gasteiger partial charge >= 0.3 is 0 Å². The minimum atomic E-state index is 0.423. The molecule has 2 atom stereocenters. The van der Waals surface area contributed by atoms with Crippen LogP contribution in [0.3, 0.4) is 0 Å². The van der Waals surface area contributed by atoms with E-state index in [1.54, 1.807) is 0 Å². The van der Waals surface area contributed by atoms with Gasteiger partial charge in [0.2, 0.25) is 0 Å². The summed E-state index contributed by atoms with van der Waals surface area (Å²) < 4.78 is 0. The van der Waals surface area contributed by atoms with Crippen LogP contribution < -0.4 is 5.32 Å². The highest BCUT2D eigenvalue weighted by atomic mass is 35.5. The highest BCUT2D eigenvalue weighted by Crippen LogP contribution is 2.27. The lowest BCUT2D eigenvalue weighted by molar-refractivity contribution is 0.372. The zero-order chi connectivity index (χ0) is 12.8. The van der Waals surface area contributed by atoms with E-state index in [0.29, 0.717) is 12.0 Å². The van der Waals surface area contributed by atoms with E-state index in [-0.39, 0.29) is 0 Å². The molecule has 0 aromatic heterocycles. The minimum Gasteiger partial charge on any atom is -0.316 e. The number of benzene rings is 1. The third-order valence-corrected chi connectivity index (χ3v) is 4.00. The Bertz CT molecular complexity index is 332. The number of hydrogen-bond acceptors (Lipinski definition) is 1. The van der Waals surface area contributed by atoms with E-state index in [0.717, 1.165) is 22.0 Å². The van der Waals surface area contributed by atoms with E-state index < -0.39 is 0 Å². The first-order chi connectivity index (χ1) is 8.10. The van der Waals surface area contributed by atoms with Crippen LogP contribution in [0.2, 0.25) is 10.0 Å². The van der Waals surface area contributed by atoms with Crippen LogP contribution in [0.1, 0.15) is 32.3 Å². The van der Waals surface area contributed by atoms with E-state index in [9.17, 15) is 0 Å². The molecule has 0 radical (unpaired) electrons. The predicted octanol–water partition coefficient (Wildman–Crippen LogP) is 4.56. The third kappa shape index (κ3) is 4.17. The van der Waals surface area contributed by atoms with Crippen molar-refractivity contribution in [1.82, 2.24) is 5.32 Å². The summed E-state index contributed by atoms with van der Waals surface area (Å²) in [5, 5.41) is 4.90. The first-order valence-corrected chi connectivity index (χ1v) is 6.95. The highest BCUT2D eigenvalue weighted by molar-refractivity contribution is 6.35. The van der Waals surface area contributed by atoms with Crippen molar-refractivity contribution < 1.29 is 0 Å². The number of halogens is 2. The Morgan fingerprint density at radius 1 is 1.24 bits per heavy atom. The van der Waals surface area contributed by atoms with Crippen LogP contribution in [-0.4, -0.2) is 13.1 Å². The SMILES string of the molecule is CCCC(C)C(Cc1c(Cl)cccc1Cl)NC. The van der Waals surface area contributed by atoms with Gasteiger partial charge in [0.05, 0.1) is 0 Å². The van der Waals surface area contributed by atoms with E-state index in [1.807, 2.05) is 25.2 Å². The maximum atomic E-state index is 6.20. The van der Waals surface area contributed by atoms with Gasteiger partial charge in [-0.15, -0.1) is 0 Å². The zero-order valence-corrected chi connectivity index (χ0v) is 12.3. The predicted molar refractivity (Wildman–Crippen MR) is 77.1 cm³/mol. The Morgan fingerprint density at radius 3 is 2.29 bits per heavy atom. The van der Waals surface area contributed by atoms with E-state index >= 15 is 0 Å². The van der Waals surface area contributed by atoms with Crippen molar-refractivity contribution in [2.75, 3.05) is 7.05 Å². The normalized spacial score (nSPS) is 14.6. The fraction of sp³-hybridized carbons (Fsp3) is 0.571. The Labute approximate surface area is 115 Å². The lowest BCUT2D eigenvalue weighted by Gasteiger charge is -2.24. The summed E-state index contributed by atoms with van der Waals surface area (Å²) in [5.41, 5.74) is 1.05. The summed E-state index contributed by atoms with van der Waals surface area (Å²) >= 11 is 12.4. The van der Waals surface area contributed by atoms with Gasteiger partial charge in [0.1, 0.15) is 0 Å². The van der Waals surface area contributed by atoms with Gasteiger partial charge in [0, 0.05) is 16.1 Å². The van der Waals surface area contributed by atoms with Gasteiger partial charge in [-0.05, 0) is 43.5 Å². The Hall–Kier alpha value is -0.240. The average molecular weight is 274 g/mol. The first kappa shape index (κ1) is 14.8. The maximum absolute atomic E-state index is 6.20. The quantitative estimate of drug-likeness (QED) is 0.801. The van der Waals surface area contributed by atoms with E-state index in [4.69, 9.17) is 23.2 Å². The topological polar surface area (TPSA) is 12.0 Å². The highest BCUT2D eigenvalue weighted by Gasteiger charge is 2.18. The molecule has 0 spiro atoms. The lowest BCUT2D eigenvalue weighted by atomic mass is 9.91. The van der Waals surface area contributed by atoms with Gasteiger partial charge in [-0.25, -0.2) is 0 Å². The Kier molecular flexibility index (Phi) is 6.32. The molecule has 0 aliphatic heterocycles. The van der Waals surface area contributed by atoms with Crippen LogP contribution >= 0.6 is 23.2 Å². The van der Waals surface area contributed by atoms with Crippen molar-refractivity contribution in [3.8, 4) is 0 Å². The molecule has 1 aromatic carbocycles. The van der Waals surface area contributed by atoms with Crippen LogP contribution in [-0.2, 0) is 6.42 Å². The molecular weight excluding hydrogens is 253 g/mol. The molecule has 3 heteroatoms. The lowest BCUT2D eigenvalue weighted by Crippen LogP contribution is -2.34. The molecular formula is C14H21Cl2N. The van der Waals surface area contributed by atoms with Crippen molar-refractivity contribution in [2.24, 2.45) is 5.92 Å². The number of likely N-dealkylation sites (N-methyl/N-ethyl adjacent to an activating group) is 1. The van der Waals surface area contributed by atoms with E-state index in [2.05, 4.69) is 19.2 Å². The van der Waals surface area contributed by atoms with Gasteiger partial charge in [0.25, 0.3) is 0 Å². The first-order valence-electron chi connectivity index (χ1n) is 6.20. The second-order valence-electron chi connectivity index (χ2n) is 4.57. The molecule has 0 saturated heterocycles. The fourth-order valence-electron chi connectivity index (χ4n) is 2.19. The molecule has 1 rings (SSSR count). The monoisotopic (exact) mass is 273 g/mol. The molecule has 1 nitrogen and oxygen atoms in total. The van der Waals surface area contributed by atoms with Crippen molar-refractivity contribution in [3.05, 3.63) is 33.8 Å². The summed E-state index contributed by atoms with van der Waals surface area (Å²) in [5.74, 6) is 0.623. The molecule has 0 bridgehead atoms. The van der Waals surface area contributed by atoms with Crippen molar-refractivity contribution >= 4 is 23.2 Å². The molecule has 1 N–H and O–H groups in total. The standard InChI is InChI=1S/C14H21Cl2N/c1-4-6-10(2)14(17-3)9-11-12(15)7-5-8-13(11)16/h5,7-8,10,14,17H,4,6,9H2,1-3H3. The molecule has 1 aromatic rings. The van der Waals surface area contributed by atoms with Gasteiger partial charge in [-0.3, -0.25) is 0 Å². The average Bonchev–Trinajstić information content (AvgIpc) is 2.29. The van der Waals surface area contributed by atoms with Crippen LogP contribution in [0.5, 0.6) is 0 Å². The summed E-state index contributed by atoms with van der Waals surface area (Å²) in [6, 6.07) is 6.12. The molecule has 17 heavy (non-hydrogen) atoms. The van der Waals surface area contributed by atoms with Crippen molar-refractivity contribution in [2.45, 2.75) is 39.2 Å². The Morgan fingerprint density at radius 2 is 1.82 bits per heavy atom. The fourth-order valence-corrected chi connectivity index (χ4v) is 2.74. The van der Waals surface area contributed by atoms with Gasteiger partial charge in [0.15, 0.2) is 0 Å². The van der Waals surface area contributed by atoms with Gasteiger partial charge in [-0.1, -0.05) is 49.5 Å². The van der Waals surface area contributed by atoms with Crippen LogP contribution in [0.4, 0.5) is 0 Å². The molecule has 96 valence electrons. The van der Waals surface area contributed by atoms with Crippen molar-refractivity contribution in [3.63, 3.8) is 0 Å². The van der Waals surface area contributed by atoms with E-state index in [1.165, 1.54) is 12.8 Å². The third-order valence-electron chi connectivity index (χ3n) is 3.29. The second kappa shape index (κ2) is 7.25. The molecule has 0 amide bonds. The second-order valence-corrected chi connectivity index (χ2v) is 5.38. The van der Waals surface area contributed by atoms with Crippen LogP contribution in [0.15, 0.2) is 18.2 Å². The molecule has 0 aliphatic rings. The molecule has 0 heterocycles.